The summed E-state index contributed by atoms with van der Waals surface area (Å²) in [5.41, 5.74) is 6.08. The van der Waals surface area contributed by atoms with Crippen molar-refractivity contribution in [2.75, 3.05) is 0 Å². The maximum atomic E-state index is 6.08. The van der Waals surface area contributed by atoms with E-state index in [9.17, 15) is 0 Å². The molecule has 1 aliphatic carbocycles. The Morgan fingerprint density at radius 2 is 1.76 bits per heavy atom. The molecule has 0 saturated heterocycles. The zero-order chi connectivity index (χ0) is 12.6. The molecule has 0 amide bonds. The fraction of sp³-hybridized carbons (Fsp3) is 0.846. The maximum Gasteiger partial charge on any atom is 0.230 e. The van der Waals surface area contributed by atoms with Crippen molar-refractivity contribution >= 4 is 0 Å². The van der Waals surface area contributed by atoms with Crippen LogP contribution >= 0.6 is 0 Å². The van der Waals surface area contributed by atoms with Crippen molar-refractivity contribution in [3.8, 4) is 0 Å². The van der Waals surface area contributed by atoms with Crippen LogP contribution in [0.4, 0.5) is 0 Å². The molecule has 1 aromatic heterocycles. The van der Waals surface area contributed by atoms with Crippen molar-refractivity contribution in [3.05, 3.63) is 11.7 Å². The molecule has 1 aliphatic rings. The van der Waals surface area contributed by atoms with Gasteiger partial charge in [-0.2, -0.15) is 4.98 Å². The first-order valence-corrected chi connectivity index (χ1v) is 6.59. The van der Waals surface area contributed by atoms with Gasteiger partial charge in [-0.3, -0.25) is 0 Å². The second-order valence-corrected chi connectivity index (χ2v) is 5.87. The molecule has 17 heavy (non-hydrogen) atoms. The van der Waals surface area contributed by atoms with E-state index in [2.05, 4.69) is 37.8 Å². The van der Waals surface area contributed by atoms with Crippen molar-refractivity contribution in [2.45, 2.75) is 52.5 Å². The van der Waals surface area contributed by atoms with Crippen LogP contribution in [0.15, 0.2) is 4.52 Å². The van der Waals surface area contributed by atoms with Gasteiger partial charge in [0.1, 0.15) is 0 Å². The highest BCUT2D eigenvalue weighted by molar-refractivity contribution is 5.03. The molecule has 0 bridgehead atoms. The van der Waals surface area contributed by atoms with E-state index in [4.69, 9.17) is 10.3 Å². The van der Waals surface area contributed by atoms with Gasteiger partial charge in [0.2, 0.25) is 5.89 Å². The van der Waals surface area contributed by atoms with Crippen LogP contribution in [0, 0.1) is 17.8 Å². The lowest BCUT2D eigenvalue weighted by atomic mass is 9.85. The molecule has 2 rings (SSSR count). The fourth-order valence-corrected chi connectivity index (χ4v) is 2.52. The van der Waals surface area contributed by atoms with E-state index in [1.807, 2.05) is 0 Å². The Bertz CT molecular complexity index is 360. The molecule has 0 aromatic carbocycles. The molecule has 96 valence electrons. The van der Waals surface area contributed by atoms with E-state index >= 15 is 0 Å². The first-order valence-electron chi connectivity index (χ1n) is 6.59. The summed E-state index contributed by atoms with van der Waals surface area (Å²) in [5.74, 6) is 3.33. The number of hydrogen-bond donors (Lipinski definition) is 1. The molecule has 1 fully saturated rings. The second-order valence-electron chi connectivity index (χ2n) is 5.87. The van der Waals surface area contributed by atoms with E-state index in [0.717, 1.165) is 5.89 Å². The van der Waals surface area contributed by atoms with Crippen LogP contribution in [0.5, 0.6) is 0 Å². The van der Waals surface area contributed by atoms with Gasteiger partial charge in [0.25, 0.3) is 0 Å². The Morgan fingerprint density at radius 1 is 1.18 bits per heavy atom. The Hall–Kier alpha value is -0.900. The summed E-state index contributed by atoms with van der Waals surface area (Å²) in [4.78, 5) is 4.51. The highest BCUT2D eigenvalue weighted by Gasteiger charge is 2.34. The van der Waals surface area contributed by atoms with E-state index in [1.165, 1.54) is 12.8 Å². The maximum absolute atomic E-state index is 6.08. The topological polar surface area (TPSA) is 64.9 Å². The zero-order valence-electron chi connectivity index (χ0n) is 11.2. The number of aromatic nitrogens is 2. The zero-order valence-corrected chi connectivity index (χ0v) is 11.2. The Morgan fingerprint density at radius 3 is 2.24 bits per heavy atom. The van der Waals surface area contributed by atoms with Crippen molar-refractivity contribution in [2.24, 2.45) is 23.5 Å². The lowest BCUT2D eigenvalue weighted by Gasteiger charge is -2.20. The van der Waals surface area contributed by atoms with Gasteiger partial charge in [0, 0.05) is 5.92 Å². The summed E-state index contributed by atoms with van der Waals surface area (Å²) in [6.45, 7) is 8.76. The highest BCUT2D eigenvalue weighted by Crippen LogP contribution is 2.39. The van der Waals surface area contributed by atoms with Crippen molar-refractivity contribution in [3.63, 3.8) is 0 Å². The minimum absolute atomic E-state index is 0.0347. The van der Waals surface area contributed by atoms with Gasteiger partial charge in [-0.25, -0.2) is 0 Å². The van der Waals surface area contributed by atoms with E-state index in [1.54, 1.807) is 0 Å². The third-order valence-corrected chi connectivity index (χ3v) is 3.61. The minimum Gasteiger partial charge on any atom is -0.339 e. The summed E-state index contributed by atoms with van der Waals surface area (Å²) >= 11 is 0. The minimum atomic E-state index is -0.0347. The summed E-state index contributed by atoms with van der Waals surface area (Å²) in [5, 5.41) is 4.05. The Balaban J connectivity index is 2.15. The SMILES string of the molecule is CC(C)C(c1nc(C(N)C2CC2)no1)C(C)C. The second kappa shape index (κ2) is 4.77. The van der Waals surface area contributed by atoms with Gasteiger partial charge >= 0.3 is 0 Å². The standard InChI is InChI=1S/C13H23N3O/c1-7(2)10(8(3)4)13-15-12(16-17-13)11(14)9-5-6-9/h7-11H,5-6,14H2,1-4H3. The van der Waals surface area contributed by atoms with Crippen LogP contribution in [-0.4, -0.2) is 10.1 Å². The van der Waals surface area contributed by atoms with Crippen molar-refractivity contribution < 1.29 is 4.52 Å². The van der Waals surface area contributed by atoms with Crippen LogP contribution in [-0.2, 0) is 0 Å². The normalized spacial score (nSPS) is 18.4. The molecule has 1 aromatic rings. The molecule has 2 N–H and O–H groups in total. The average Bonchev–Trinajstić information content (AvgIpc) is 2.97. The smallest absolute Gasteiger partial charge is 0.230 e. The molecular formula is C13H23N3O. The molecule has 0 aliphatic heterocycles. The highest BCUT2D eigenvalue weighted by atomic mass is 16.5. The van der Waals surface area contributed by atoms with Crippen molar-refractivity contribution in [1.29, 1.82) is 0 Å². The summed E-state index contributed by atoms with van der Waals surface area (Å²) in [6.07, 6.45) is 2.39. The molecule has 4 nitrogen and oxygen atoms in total. The quantitative estimate of drug-likeness (QED) is 0.855. The van der Waals surface area contributed by atoms with E-state index in [-0.39, 0.29) is 6.04 Å². The van der Waals surface area contributed by atoms with Crippen LogP contribution in [0.3, 0.4) is 0 Å². The first kappa shape index (κ1) is 12.6. The van der Waals surface area contributed by atoms with Gasteiger partial charge in [0.15, 0.2) is 5.82 Å². The predicted octanol–water partition coefficient (Wildman–Crippen LogP) is 2.88. The Kier molecular flexibility index (Phi) is 3.52. The van der Waals surface area contributed by atoms with Crippen molar-refractivity contribution in [1.82, 2.24) is 10.1 Å². The molecule has 1 saturated carbocycles. The third-order valence-electron chi connectivity index (χ3n) is 3.61. The first-order chi connectivity index (χ1) is 8.00. The van der Waals surface area contributed by atoms with Crippen LogP contribution in [0.2, 0.25) is 0 Å². The van der Waals surface area contributed by atoms with Crippen LogP contribution in [0.1, 0.15) is 64.2 Å². The number of hydrogen-bond acceptors (Lipinski definition) is 4. The lowest BCUT2D eigenvalue weighted by Crippen LogP contribution is -2.16. The van der Waals surface area contributed by atoms with Gasteiger partial charge < -0.3 is 10.3 Å². The van der Waals surface area contributed by atoms with Gasteiger partial charge in [0.05, 0.1) is 6.04 Å². The number of nitrogens with two attached hydrogens (primary N) is 1. The van der Waals surface area contributed by atoms with Gasteiger partial charge in [-0.15, -0.1) is 0 Å². The van der Waals surface area contributed by atoms with E-state index < -0.39 is 0 Å². The van der Waals surface area contributed by atoms with Gasteiger partial charge in [-0.05, 0) is 30.6 Å². The van der Waals surface area contributed by atoms with Crippen LogP contribution < -0.4 is 5.73 Å². The van der Waals surface area contributed by atoms with Crippen LogP contribution in [0.25, 0.3) is 0 Å². The fourth-order valence-electron chi connectivity index (χ4n) is 2.52. The molecule has 0 radical (unpaired) electrons. The summed E-state index contributed by atoms with van der Waals surface area (Å²) in [7, 11) is 0. The molecule has 0 spiro atoms. The monoisotopic (exact) mass is 237 g/mol. The number of rotatable bonds is 5. The molecule has 1 atom stereocenters. The number of nitrogens with zero attached hydrogens (tertiary/aromatic N) is 2. The third kappa shape index (κ3) is 2.68. The largest absolute Gasteiger partial charge is 0.339 e. The Labute approximate surface area is 103 Å². The molecule has 1 unspecified atom stereocenters. The average molecular weight is 237 g/mol. The van der Waals surface area contributed by atoms with E-state index in [0.29, 0.717) is 29.5 Å². The molecule has 1 heterocycles. The van der Waals surface area contributed by atoms with Gasteiger partial charge in [-0.1, -0.05) is 32.9 Å². The predicted molar refractivity (Wildman–Crippen MR) is 66.4 cm³/mol. The summed E-state index contributed by atoms with van der Waals surface area (Å²) < 4.78 is 5.41. The molecule has 4 heteroatoms. The molecular weight excluding hydrogens is 214 g/mol. The summed E-state index contributed by atoms with van der Waals surface area (Å²) in [6, 6.07) is -0.0347. The lowest BCUT2D eigenvalue weighted by molar-refractivity contribution is 0.276.